The molecule has 35 heavy (non-hydrogen) atoms. The zero-order valence-electron chi connectivity index (χ0n) is 19.8. The van der Waals surface area contributed by atoms with E-state index in [2.05, 4.69) is 63.9 Å². The third-order valence-electron chi connectivity index (χ3n) is 8.39. The van der Waals surface area contributed by atoms with E-state index in [4.69, 9.17) is 0 Å². The van der Waals surface area contributed by atoms with Gasteiger partial charge < -0.3 is 20.5 Å². The Bertz CT molecular complexity index is 1170. The number of hydrogen-bond acceptors (Lipinski definition) is 6. The van der Waals surface area contributed by atoms with E-state index in [9.17, 15) is 9.59 Å². The average Bonchev–Trinajstić information content (AvgIpc) is 3.29. The Labute approximate surface area is 205 Å². The summed E-state index contributed by atoms with van der Waals surface area (Å²) in [6, 6.07) is 15.1. The lowest BCUT2D eigenvalue weighted by molar-refractivity contribution is -0.135. The summed E-state index contributed by atoms with van der Waals surface area (Å²) in [5.74, 6) is 1.11. The van der Waals surface area contributed by atoms with Crippen molar-refractivity contribution in [1.29, 1.82) is 0 Å². The van der Waals surface area contributed by atoms with Crippen molar-refractivity contribution < 1.29 is 9.59 Å². The van der Waals surface area contributed by atoms with Gasteiger partial charge in [0.1, 0.15) is 11.7 Å². The molecule has 1 aliphatic carbocycles. The minimum absolute atomic E-state index is 0.139. The van der Waals surface area contributed by atoms with Crippen LogP contribution in [0.5, 0.6) is 0 Å². The minimum Gasteiger partial charge on any atom is -0.342 e. The van der Waals surface area contributed by atoms with Crippen LogP contribution in [0.15, 0.2) is 42.5 Å². The maximum absolute atomic E-state index is 13.5. The molecule has 0 bridgehead atoms. The maximum Gasteiger partial charge on any atom is 0.247 e. The molecule has 1 unspecified atom stereocenters. The number of likely N-dealkylation sites (tertiary alicyclic amines) is 1. The molecular weight excluding hydrogens is 440 g/mol. The summed E-state index contributed by atoms with van der Waals surface area (Å²) in [6.07, 6.45) is 2.92. The van der Waals surface area contributed by atoms with E-state index in [1.54, 1.807) is 0 Å². The van der Waals surface area contributed by atoms with E-state index in [0.717, 1.165) is 50.1 Å². The van der Waals surface area contributed by atoms with Crippen molar-refractivity contribution in [2.24, 2.45) is 11.8 Å². The Hall–Kier alpha value is -2.94. The molecule has 4 aliphatic heterocycles. The van der Waals surface area contributed by atoms with Crippen molar-refractivity contribution in [2.45, 2.75) is 37.5 Å². The Morgan fingerprint density at radius 3 is 2.57 bits per heavy atom. The van der Waals surface area contributed by atoms with Crippen molar-refractivity contribution >= 4 is 17.5 Å². The van der Waals surface area contributed by atoms with Gasteiger partial charge in [-0.05, 0) is 59.6 Å². The van der Waals surface area contributed by atoms with Gasteiger partial charge in [-0.3, -0.25) is 14.9 Å². The Morgan fingerprint density at radius 2 is 1.83 bits per heavy atom. The van der Waals surface area contributed by atoms with Gasteiger partial charge in [0, 0.05) is 45.2 Å². The number of nitrogens with zero attached hydrogens (tertiary/aromatic N) is 2. The number of anilines is 1. The van der Waals surface area contributed by atoms with Crippen LogP contribution in [-0.4, -0.2) is 59.9 Å². The second-order valence-corrected chi connectivity index (χ2v) is 10.9. The zero-order chi connectivity index (χ0) is 23.6. The number of rotatable bonds is 5. The van der Waals surface area contributed by atoms with Crippen LogP contribution in [0.3, 0.4) is 0 Å². The SMILES string of the molecule is O=C(C1CC1)N1CC[C@@H](CN2C(=O)C3(CNC3)NC2c2ccc(-c3ccc4c(c3)CNN4)cc2)C1. The molecular formula is C27H32N6O2. The Morgan fingerprint density at radius 1 is 1.03 bits per heavy atom. The van der Waals surface area contributed by atoms with Crippen LogP contribution < -0.4 is 21.5 Å². The van der Waals surface area contributed by atoms with Crippen LogP contribution in [0, 0.1) is 11.8 Å². The predicted octanol–water partition coefficient (Wildman–Crippen LogP) is 1.81. The fraction of sp³-hybridized carbons (Fsp3) is 0.481. The van der Waals surface area contributed by atoms with Gasteiger partial charge >= 0.3 is 0 Å². The van der Waals surface area contributed by atoms with E-state index >= 15 is 0 Å². The van der Waals surface area contributed by atoms with Gasteiger partial charge in [-0.1, -0.05) is 30.3 Å². The first-order valence-electron chi connectivity index (χ1n) is 12.9. The van der Waals surface area contributed by atoms with Gasteiger partial charge in [-0.2, -0.15) is 0 Å². The number of carbonyl (C=O) groups excluding carboxylic acids is 2. The fourth-order valence-corrected chi connectivity index (χ4v) is 6.06. The van der Waals surface area contributed by atoms with Crippen LogP contribution in [0.4, 0.5) is 5.69 Å². The Balaban J connectivity index is 1.10. The minimum atomic E-state index is -0.495. The molecule has 2 aromatic rings. The van der Waals surface area contributed by atoms with Gasteiger partial charge in [0.2, 0.25) is 11.8 Å². The highest BCUT2D eigenvalue weighted by Crippen LogP contribution is 2.37. The lowest BCUT2D eigenvalue weighted by Gasteiger charge is -2.37. The predicted molar refractivity (Wildman–Crippen MR) is 133 cm³/mol. The van der Waals surface area contributed by atoms with Gasteiger partial charge in [-0.15, -0.1) is 0 Å². The molecule has 4 fully saturated rings. The van der Waals surface area contributed by atoms with Crippen molar-refractivity contribution in [2.75, 3.05) is 38.1 Å². The highest BCUT2D eigenvalue weighted by molar-refractivity contribution is 5.91. The number of carbonyl (C=O) groups is 2. The molecule has 1 spiro atoms. The molecule has 2 amide bonds. The van der Waals surface area contributed by atoms with Gasteiger partial charge in [0.05, 0.1) is 5.69 Å². The summed E-state index contributed by atoms with van der Waals surface area (Å²) in [5.41, 5.74) is 11.7. The van der Waals surface area contributed by atoms with Crippen LogP contribution in [0.1, 0.15) is 36.6 Å². The van der Waals surface area contributed by atoms with Gasteiger partial charge in [0.25, 0.3) is 0 Å². The maximum atomic E-state index is 13.5. The normalized spacial score (nSPS) is 26.7. The van der Waals surface area contributed by atoms with Crippen LogP contribution in [0.25, 0.3) is 11.1 Å². The van der Waals surface area contributed by atoms with Crippen LogP contribution in [0.2, 0.25) is 0 Å². The second kappa shape index (κ2) is 8.05. The molecule has 3 saturated heterocycles. The van der Waals surface area contributed by atoms with Gasteiger partial charge in [-0.25, -0.2) is 5.43 Å². The number of amides is 2. The van der Waals surface area contributed by atoms with Crippen molar-refractivity contribution in [3.05, 3.63) is 53.6 Å². The van der Waals surface area contributed by atoms with E-state index in [1.807, 2.05) is 9.80 Å². The van der Waals surface area contributed by atoms with E-state index in [0.29, 0.717) is 31.5 Å². The van der Waals surface area contributed by atoms with Crippen molar-refractivity contribution in [3.8, 4) is 11.1 Å². The van der Waals surface area contributed by atoms with Crippen LogP contribution in [-0.2, 0) is 16.1 Å². The standard InChI is InChI=1S/C27H32N6O2/c34-25(20-5-6-20)32-10-9-17(13-32)14-33-24(30-27(26(33)35)15-28-16-27)19-3-1-18(2-4-19)21-7-8-23-22(11-21)12-29-31-23/h1-4,7-8,11,17,20,24,28-31H,5-6,9-10,12-16H2/t17-,24?/m1/s1. The summed E-state index contributed by atoms with van der Waals surface area (Å²) < 4.78 is 0. The molecule has 8 nitrogen and oxygen atoms in total. The molecule has 0 radical (unpaired) electrons. The average molecular weight is 473 g/mol. The molecule has 7 rings (SSSR count). The quantitative estimate of drug-likeness (QED) is 0.531. The van der Waals surface area contributed by atoms with E-state index in [1.165, 1.54) is 16.7 Å². The molecule has 2 aromatic carbocycles. The number of nitrogens with one attached hydrogen (secondary N) is 4. The first kappa shape index (κ1) is 21.4. The second-order valence-electron chi connectivity index (χ2n) is 10.9. The summed E-state index contributed by atoms with van der Waals surface area (Å²) in [4.78, 5) is 30.1. The molecule has 0 aromatic heterocycles. The van der Waals surface area contributed by atoms with E-state index < -0.39 is 5.54 Å². The van der Waals surface area contributed by atoms with Crippen molar-refractivity contribution in [3.63, 3.8) is 0 Å². The molecule has 4 N–H and O–H groups in total. The summed E-state index contributed by atoms with van der Waals surface area (Å²) in [7, 11) is 0. The highest BCUT2D eigenvalue weighted by Gasteiger charge is 2.55. The molecule has 5 aliphatic rings. The zero-order valence-corrected chi connectivity index (χ0v) is 19.8. The molecule has 182 valence electrons. The molecule has 4 heterocycles. The highest BCUT2D eigenvalue weighted by atomic mass is 16.2. The number of benzene rings is 2. The largest absolute Gasteiger partial charge is 0.342 e. The summed E-state index contributed by atoms with van der Waals surface area (Å²) in [6.45, 7) is 4.46. The molecule has 2 atom stereocenters. The van der Waals surface area contributed by atoms with Gasteiger partial charge in [0.15, 0.2) is 0 Å². The topological polar surface area (TPSA) is 88.7 Å². The number of fused-ring (bicyclic) bond motifs is 1. The third kappa shape index (κ3) is 3.63. The molecule has 1 saturated carbocycles. The first-order valence-corrected chi connectivity index (χ1v) is 12.9. The monoisotopic (exact) mass is 472 g/mol. The number of hydrogen-bond donors (Lipinski definition) is 4. The lowest BCUT2D eigenvalue weighted by atomic mass is 9.92. The smallest absolute Gasteiger partial charge is 0.247 e. The van der Waals surface area contributed by atoms with Crippen LogP contribution >= 0.6 is 0 Å². The summed E-state index contributed by atoms with van der Waals surface area (Å²) >= 11 is 0. The molecule has 8 heteroatoms. The number of hydrazine groups is 1. The van der Waals surface area contributed by atoms with Crippen molar-refractivity contribution in [1.82, 2.24) is 25.9 Å². The third-order valence-corrected chi connectivity index (χ3v) is 8.39. The lowest BCUT2D eigenvalue weighted by Crippen LogP contribution is -2.69. The first-order chi connectivity index (χ1) is 17.1. The fourth-order valence-electron chi connectivity index (χ4n) is 6.06. The van der Waals surface area contributed by atoms with E-state index in [-0.39, 0.29) is 18.0 Å². The Kier molecular flexibility index (Phi) is 4.91. The summed E-state index contributed by atoms with van der Waals surface area (Å²) in [5, 5.41) is 6.95.